The van der Waals surface area contributed by atoms with E-state index in [9.17, 15) is 0 Å². The minimum Gasteiger partial charge on any atom is -0.0622 e. The molecule has 1 aliphatic carbocycles. The van der Waals surface area contributed by atoms with E-state index >= 15 is 0 Å². The summed E-state index contributed by atoms with van der Waals surface area (Å²) in [4.78, 5) is 0. The zero-order valence-corrected chi connectivity index (χ0v) is 11.0. The van der Waals surface area contributed by atoms with Crippen molar-refractivity contribution >= 4 is 5.57 Å². The van der Waals surface area contributed by atoms with Crippen molar-refractivity contribution in [2.45, 2.75) is 26.2 Å². The van der Waals surface area contributed by atoms with Gasteiger partial charge in [0.15, 0.2) is 0 Å². The number of fused-ring (bicyclic) bond motifs is 1. The monoisotopic (exact) mass is 234 g/mol. The molecule has 0 spiro atoms. The third kappa shape index (κ3) is 1.78. The van der Waals surface area contributed by atoms with E-state index in [4.69, 9.17) is 0 Å². The number of hydrogen-bond acceptors (Lipinski definition) is 0. The summed E-state index contributed by atoms with van der Waals surface area (Å²) in [5, 5.41) is 0. The van der Waals surface area contributed by atoms with Gasteiger partial charge in [-0.1, -0.05) is 60.2 Å². The first kappa shape index (κ1) is 11.3. The molecule has 18 heavy (non-hydrogen) atoms. The van der Waals surface area contributed by atoms with Crippen LogP contribution in [0.3, 0.4) is 0 Å². The first-order valence-electron chi connectivity index (χ1n) is 6.58. The quantitative estimate of drug-likeness (QED) is 0.699. The molecule has 1 atom stereocenters. The van der Waals surface area contributed by atoms with E-state index in [0.717, 1.165) is 6.42 Å². The average molecular weight is 234 g/mol. The van der Waals surface area contributed by atoms with Gasteiger partial charge in [-0.15, -0.1) is 0 Å². The van der Waals surface area contributed by atoms with E-state index < -0.39 is 0 Å². The van der Waals surface area contributed by atoms with Gasteiger partial charge >= 0.3 is 0 Å². The Labute approximate surface area is 109 Å². The van der Waals surface area contributed by atoms with Crippen molar-refractivity contribution in [1.82, 2.24) is 0 Å². The highest BCUT2D eigenvalue weighted by atomic mass is 14.3. The van der Waals surface area contributed by atoms with Crippen molar-refractivity contribution in [3.05, 3.63) is 76.9 Å². The minimum atomic E-state index is 0.559. The number of hydrogen-bond donors (Lipinski definition) is 0. The summed E-state index contributed by atoms with van der Waals surface area (Å²) in [6, 6.07) is 19.6. The Kier molecular flexibility index (Phi) is 2.79. The van der Waals surface area contributed by atoms with E-state index in [1.165, 1.54) is 27.8 Å². The van der Waals surface area contributed by atoms with Crippen molar-refractivity contribution < 1.29 is 0 Å². The Balaban J connectivity index is 1.99. The lowest BCUT2D eigenvalue weighted by molar-refractivity contribution is 0.803. The topological polar surface area (TPSA) is 0 Å². The number of allylic oxidation sites excluding steroid dienone is 2. The highest BCUT2D eigenvalue weighted by molar-refractivity contribution is 5.76. The van der Waals surface area contributed by atoms with Crippen LogP contribution in [0.25, 0.3) is 5.57 Å². The fourth-order valence-corrected chi connectivity index (χ4v) is 2.96. The predicted octanol–water partition coefficient (Wildman–Crippen LogP) is 4.82. The molecule has 0 nitrogen and oxygen atoms in total. The zero-order valence-electron chi connectivity index (χ0n) is 11.0. The van der Waals surface area contributed by atoms with E-state index in [0.29, 0.717) is 5.92 Å². The van der Waals surface area contributed by atoms with Gasteiger partial charge in [0, 0.05) is 5.92 Å². The molecule has 0 heteroatoms. The molecule has 0 bridgehead atoms. The average Bonchev–Trinajstić information content (AvgIpc) is 2.66. The van der Waals surface area contributed by atoms with Crippen LogP contribution in [0.1, 0.15) is 36.5 Å². The predicted molar refractivity (Wildman–Crippen MR) is 77.6 cm³/mol. The van der Waals surface area contributed by atoms with Crippen LogP contribution in [0, 0.1) is 0 Å². The van der Waals surface area contributed by atoms with Crippen LogP contribution in [-0.4, -0.2) is 0 Å². The van der Waals surface area contributed by atoms with E-state index in [1.54, 1.807) is 0 Å². The van der Waals surface area contributed by atoms with Crippen molar-refractivity contribution in [3.8, 4) is 0 Å². The van der Waals surface area contributed by atoms with Crippen LogP contribution in [0.4, 0.5) is 0 Å². The third-order valence-corrected chi connectivity index (χ3v) is 4.14. The SMILES string of the molecule is CC1=C(C)C(Cc2ccccc2)c2ccccc21. The summed E-state index contributed by atoms with van der Waals surface area (Å²) in [6.07, 6.45) is 1.11. The molecule has 0 amide bonds. The molecule has 3 rings (SSSR count). The van der Waals surface area contributed by atoms with E-state index in [-0.39, 0.29) is 0 Å². The van der Waals surface area contributed by atoms with Crippen LogP contribution >= 0.6 is 0 Å². The van der Waals surface area contributed by atoms with Gasteiger partial charge in [-0.2, -0.15) is 0 Å². The molecular formula is C18H18. The molecule has 0 aromatic heterocycles. The maximum atomic E-state index is 2.28. The molecule has 1 aliphatic rings. The molecule has 0 fully saturated rings. The molecule has 1 unspecified atom stereocenters. The van der Waals surface area contributed by atoms with Gasteiger partial charge < -0.3 is 0 Å². The number of rotatable bonds is 2. The summed E-state index contributed by atoms with van der Waals surface area (Å²) in [5.74, 6) is 0.559. The van der Waals surface area contributed by atoms with Gasteiger partial charge in [0.25, 0.3) is 0 Å². The summed E-state index contributed by atoms with van der Waals surface area (Å²) in [7, 11) is 0. The Morgan fingerprint density at radius 1 is 0.833 bits per heavy atom. The lowest BCUT2D eigenvalue weighted by atomic mass is 9.90. The highest BCUT2D eigenvalue weighted by Gasteiger charge is 2.25. The Morgan fingerprint density at radius 3 is 2.28 bits per heavy atom. The van der Waals surface area contributed by atoms with E-state index in [1.807, 2.05) is 0 Å². The fraction of sp³-hybridized carbons (Fsp3) is 0.222. The summed E-state index contributed by atoms with van der Waals surface area (Å²) in [6.45, 7) is 4.53. The van der Waals surface area contributed by atoms with Gasteiger partial charge in [0.2, 0.25) is 0 Å². The van der Waals surface area contributed by atoms with Gasteiger partial charge in [-0.3, -0.25) is 0 Å². The molecule has 0 saturated heterocycles. The lowest BCUT2D eigenvalue weighted by Gasteiger charge is -2.14. The van der Waals surface area contributed by atoms with Gasteiger partial charge in [0.05, 0.1) is 0 Å². The van der Waals surface area contributed by atoms with Crippen molar-refractivity contribution in [2.75, 3.05) is 0 Å². The molecule has 0 aliphatic heterocycles. The molecule has 0 heterocycles. The van der Waals surface area contributed by atoms with Crippen LogP contribution in [0.2, 0.25) is 0 Å². The minimum absolute atomic E-state index is 0.559. The largest absolute Gasteiger partial charge is 0.0622 e. The Bertz CT molecular complexity index is 590. The summed E-state index contributed by atoms with van der Waals surface area (Å²) in [5.41, 5.74) is 7.35. The highest BCUT2D eigenvalue weighted by Crippen LogP contribution is 2.42. The fourth-order valence-electron chi connectivity index (χ4n) is 2.96. The lowest BCUT2D eigenvalue weighted by Crippen LogP contribution is -2.01. The van der Waals surface area contributed by atoms with Gasteiger partial charge in [0.1, 0.15) is 0 Å². The summed E-state index contributed by atoms with van der Waals surface area (Å²) < 4.78 is 0. The van der Waals surface area contributed by atoms with Crippen molar-refractivity contribution in [2.24, 2.45) is 0 Å². The Hall–Kier alpha value is -1.82. The van der Waals surface area contributed by atoms with Crippen LogP contribution < -0.4 is 0 Å². The maximum absolute atomic E-state index is 2.28. The molecule has 90 valence electrons. The second-order valence-corrected chi connectivity index (χ2v) is 5.14. The number of benzene rings is 2. The molecule has 0 saturated carbocycles. The molecule has 0 radical (unpaired) electrons. The van der Waals surface area contributed by atoms with Crippen LogP contribution in [0.15, 0.2) is 60.2 Å². The second kappa shape index (κ2) is 4.45. The second-order valence-electron chi connectivity index (χ2n) is 5.14. The van der Waals surface area contributed by atoms with E-state index in [2.05, 4.69) is 68.4 Å². The van der Waals surface area contributed by atoms with Crippen LogP contribution in [0.5, 0.6) is 0 Å². The normalized spacial score (nSPS) is 18.0. The zero-order chi connectivity index (χ0) is 12.5. The van der Waals surface area contributed by atoms with Crippen molar-refractivity contribution in [1.29, 1.82) is 0 Å². The summed E-state index contributed by atoms with van der Waals surface area (Å²) >= 11 is 0. The standard InChI is InChI=1S/C18H18/c1-13-14(2)18(12-15-8-4-3-5-9-15)17-11-7-6-10-16(13)17/h3-11,18H,12H2,1-2H3. The first-order valence-corrected chi connectivity index (χ1v) is 6.58. The molecule has 0 N–H and O–H groups in total. The molecule has 2 aromatic carbocycles. The molecule has 2 aromatic rings. The van der Waals surface area contributed by atoms with Gasteiger partial charge in [-0.05, 0) is 42.5 Å². The first-order chi connectivity index (χ1) is 8.77. The van der Waals surface area contributed by atoms with Crippen LogP contribution in [-0.2, 0) is 6.42 Å². The molecular weight excluding hydrogens is 216 g/mol. The van der Waals surface area contributed by atoms with Gasteiger partial charge in [-0.25, -0.2) is 0 Å². The maximum Gasteiger partial charge on any atom is 0.00977 e. The van der Waals surface area contributed by atoms with Crippen molar-refractivity contribution in [3.63, 3.8) is 0 Å². The third-order valence-electron chi connectivity index (χ3n) is 4.14. The smallest absolute Gasteiger partial charge is 0.00977 e. The Morgan fingerprint density at radius 2 is 1.50 bits per heavy atom.